The minimum absolute atomic E-state index is 0.00644. The monoisotopic (exact) mass is 455 g/mol. The van der Waals surface area contributed by atoms with E-state index in [4.69, 9.17) is 23.7 Å². The third kappa shape index (κ3) is 7.38. The van der Waals surface area contributed by atoms with Crippen LogP contribution in [0.4, 0.5) is 0 Å². The fraction of sp³-hybridized carbons (Fsp3) is 1.00. The van der Waals surface area contributed by atoms with E-state index in [1.54, 1.807) is 0 Å². The van der Waals surface area contributed by atoms with Crippen LogP contribution in [-0.2, 0) is 23.7 Å². The molecule has 0 radical (unpaired) electrons. The van der Waals surface area contributed by atoms with Gasteiger partial charge in [-0.25, -0.2) is 0 Å². The largest absolute Gasteiger partial charge is 0.381 e. The SMILES string of the molecule is CCCCCCCCCOCCC[C@]1(OC2CCCNC2)O[C@H](CC)[C@@H]2OC(C)(C)O[C@@H]21. The smallest absolute Gasteiger partial charge is 0.198 e. The van der Waals surface area contributed by atoms with Crippen molar-refractivity contribution in [1.29, 1.82) is 0 Å². The van der Waals surface area contributed by atoms with Gasteiger partial charge in [0.2, 0.25) is 0 Å². The number of piperidine rings is 1. The minimum atomic E-state index is -0.745. The second-order valence-electron chi connectivity index (χ2n) is 10.3. The van der Waals surface area contributed by atoms with Crippen LogP contribution >= 0.6 is 0 Å². The number of ether oxygens (including phenoxy) is 5. The summed E-state index contributed by atoms with van der Waals surface area (Å²) in [5.41, 5.74) is 0. The quantitative estimate of drug-likeness (QED) is 0.337. The predicted octanol–water partition coefficient (Wildman–Crippen LogP) is 5.33. The van der Waals surface area contributed by atoms with Crippen LogP contribution in [0.25, 0.3) is 0 Å². The molecule has 1 N–H and O–H groups in total. The molecule has 6 heteroatoms. The second kappa shape index (κ2) is 13.0. The Morgan fingerprint density at radius 3 is 2.38 bits per heavy atom. The van der Waals surface area contributed by atoms with Gasteiger partial charge in [-0.3, -0.25) is 0 Å². The van der Waals surface area contributed by atoms with Crippen LogP contribution < -0.4 is 5.32 Å². The first-order valence-electron chi connectivity index (χ1n) is 13.5. The van der Waals surface area contributed by atoms with Crippen LogP contribution in [0.1, 0.15) is 105 Å². The molecule has 0 bridgehead atoms. The van der Waals surface area contributed by atoms with E-state index in [1.165, 1.54) is 38.5 Å². The summed E-state index contributed by atoms with van der Waals surface area (Å²) in [6, 6.07) is 0. The van der Waals surface area contributed by atoms with E-state index in [9.17, 15) is 0 Å². The summed E-state index contributed by atoms with van der Waals surface area (Å²) in [6.45, 7) is 11.9. The molecule has 3 heterocycles. The van der Waals surface area contributed by atoms with Crippen molar-refractivity contribution in [2.45, 2.75) is 141 Å². The highest BCUT2D eigenvalue weighted by Crippen LogP contribution is 2.48. The molecule has 3 saturated heterocycles. The Morgan fingerprint density at radius 2 is 1.66 bits per heavy atom. The van der Waals surface area contributed by atoms with E-state index in [0.29, 0.717) is 0 Å². The lowest BCUT2D eigenvalue weighted by Crippen LogP contribution is -2.51. The third-order valence-corrected chi connectivity index (χ3v) is 7.01. The van der Waals surface area contributed by atoms with Crippen LogP contribution in [-0.4, -0.2) is 62.3 Å². The van der Waals surface area contributed by atoms with E-state index in [2.05, 4.69) is 19.2 Å². The number of rotatable bonds is 15. The first-order chi connectivity index (χ1) is 15.5. The molecule has 0 aliphatic carbocycles. The van der Waals surface area contributed by atoms with Gasteiger partial charge in [0.1, 0.15) is 12.2 Å². The van der Waals surface area contributed by atoms with Crippen molar-refractivity contribution in [3.05, 3.63) is 0 Å². The summed E-state index contributed by atoms with van der Waals surface area (Å²) in [5.74, 6) is -1.34. The molecule has 32 heavy (non-hydrogen) atoms. The Balaban J connectivity index is 1.47. The summed E-state index contributed by atoms with van der Waals surface area (Å²) >= 11 is 0. The lowest BCUT2D eigenvalue weighted by Gasteiger charge is -2.39. The van der Waals surface area contributed by atoms with Crippen molar-refractivity contribution in [2.24, 2.45) is 0 Å². The number of unbranched alkanes of at least 4 members (excludes halogenated alkanes) is 6. The molecule has 0 aromatic heterocycles. The molecule has 0 aromatic rings. The second-order valence-corrected chi connectivity index (χ2v) is 10.3. The molecule has 1 unspecified atom stereocenters. The van der Waals surface area contributed by atoms with E-state index >= 15 is 0 Å². The Morgan fingerprint density at radius 1 is 0.906 bits per heavy atom. The maximum absolute atomic E-state index is 6.73. The van der Waals surface area contributed by atoms with Gasteiger partial charge in [0.05, 0.1) is 12.2 Å². The van der Waals surface area contributed by atoms with E-state index in [0.717, 1.165) is 64.8 Å². The number of nitrogens with one attached hydrogen (secondary N) is 1. The average Bonchev–Trinajstić information content (AvgIpc) is 3.24. The van der Waals surface area contributed by atoms with Gasteiger partial charge in [-0.15, -0.1) is 0 Å². The zero-order chi connectivity index (χ0) is 22.9. The average molecular weight is 456 g/mol. The number of hydrogen-bond acceptors (Lipinski definition) is 6. The fourth-order valence-electron chi connectivity index (χ4n) is 5.35. The number of hydrogen-bond donors (Lipinski definition) is 1. The standard InChI is InChI=1S/C26H49NO5/c1-5-7-8-9-10-11-12-18-28-19-14-16-26(29-21-15-13-17-27-20-21)24-23(22(6-2)30-26)31-25(3,4)32-24/h21-24,27H,5-20H2,1-4H3/t21?,22-,23+,24+,26+/m1/s1. The number of fused-ring (bicyclic) bond motifs is 1. The van der Waals surface area contributed by atoms with Crippen LogP contribution in [0.2, 0.25) is 0 Å². The molecule has 3 aliphatic rings. The van der Waals surface area contributed by atoms with Gasteiger partial charge in [0.15, 0.2) is 11.6 Å². The first-order valence-corrected chi connectivity index (χ1v) is 13.5. The van der Waals surface area contributed by atoms with Crippen LogP contribution in [0, 0.1) is 0 Å². The maximum atomic E-state index is 6.73. The lowest BCUT2D eigenvalue weighted by molar-refractivity contribution is -0.310. The summed E-state index contributed by atoms with van der Waals surface area (Å²) in [5, 5.41) is 3.46. The van der Waals surface area contributed by atoms with Crippen molar-refractivity contribution in [1.82, 2.24) is 5.32 Å². The molecule has 0 saturated carbocycles. The molecular formula is C26H49NO5. The topological polar surface area (TPSA) is 58.2 Å². The van der Waals surface area contributed by atoms with Crippen molar-refractivity contribution < 1.29 is 23.7 Å². The van der Waals surface area contributed by atoms with E-state index in [-0.39, 0.29) is 24.4 Å². The molecule has 5 atom stereocenters. The van der Waals surface area contributed by atoms with Crippen LogP contribution in [0.15, 0.2) is 0 Å². The van der Waals surface area contributed by atoms with Crippen molar-refractivity contribution in [2.75, 3.05) is 26.3 Å². The molecule has 0 amide bonds. The summed E-state index contributed by atoms with van der Waals surface area (Å²) < 4.78 is 31.9. The molecule has 188 valence electrons. The fourth-order valence-corrected chi connectivity index (χ4v) is 5.35. The lowest BCUT2D eigenvalue weighted by atomic mass is 9.99. The van der Waals surface area contributed by atoms with Gasteiger partial charge < -0.3 is 29.0 Å². The van der Waals surface area contributed by atoms with E-state index in [1.807, 2.05) is 13.8 Å². The molecule has 0 aromatic carbocycles. The normalized spacial score (nSPS) is 34.1. The van der Waals surface area contributed by atoms with Crippen LogP contribution in [0.5, 0.6) is 0 Å². The minimum Gasteiger partial charge on any atom is -0.381 e. The molecular weight excluding hydrogens is 406 g/mol. The third-order valence-electron chi connectivity index (χ3n) is 7.01. The van der Waals surface area contributed by atoms with E-state index < -0.39 is 11.6 Å². The first kappa shape index (κ1) is 26.4. The highest BCUT2D eigenvalue weighted by Gasteiger charge is 2.63. The molecule has 3 aliphatic heterocycles. The Kier molecular flexibility index (Phi) is 10.7. The van der Waals surface area contributed by atoms with Gasteiger partial charge in [0.25, 0.3) is 0 Å². The Bertz CT molecular complexity index is 524. The van der Waals surface area contributed by atoms with Gasteiger partial charge in [-0.05, 0) is 52.5 Å². The van der Waals surface area contributed by atoms with Crippen molar-refractivity contribution in [3.63, 3.8) is 0 Å². The van der Waals surface area contributed by atoms with Gasteiger partial charge in [0, 0.05) is 26.2 Å². The summed E-state index contributed by atoms with van der Waals surface area (Å²) in [4.78, 5) is 0. The van der Waals surface area contributed by atoms with Gasteiger partial charge >= 0.3 is 0 Å². The molecule has 3 rings (SSSR count). The van der Waals surface area contributed by atoms with Gasteiger partial charge in [-0.2, -0.15) is 0 Å². The Hall–Kier alpha value is -0.240. The zero-order valence-electron chi connectivity index (χ0n) is 21.2. The van der Waals surface area contributed by atoms with Gasteiger partial charge in [-0.1, -0.05) is 52.4 Å². The predicted molar refractivity (Wildman–Crippen MR) is 127 cm³/mol. The maximum Gasteiger partial charge on any atom is 0.198 e. The van der Waals surface area contributed by atoms with Crippen molar-refractivity contribution in [3.8, 4) is 0 Å². The molecule has 0 spiro atoms. The Labute approximate surface area is 196 Å². The summed E-state index contributed by atoms with van der Waals surface area (Å²) in [6.07, 6.45) is 13.8. The van der Waals surface area contributed by atoms with Crippen LogP contribution in [0.3, 0.4) is 0 Å². The van der Waals surface area contributed by atoms with Crippen molar-refractivity contribution >= 4 is 0 Å². The highest BCUT2D eigenvalue weighted by molar-refractivity contribution is 5.03. The molecule has 6 nitrogen and oxygen atoms in total. The summed E-state index contributed by atoms with van der Waals surface area (Å²) in [7, 11) is 0. The molecule has 3 fully saturated rings. The zero-order valence-corrected chi connectivity index (χ0v) is 21.2. The highest BCUT2D eigenvalue weighted by atomic mass is 16.8.